The van der Waals surface area contributed by atoms with Crippen molar-refractivity contribution in [3.8, 4) is 5.88 Å². The Morgan fingerprint density at radius 3 is 2.76 bits per heavy atom. The first-order valence-electron chi connectivity index (χ1n) is 8.22. The highest BCUT2D eigenvalue weighted by atomic mass is 19.1. The molecule has 1 aliphatic rings. The molecule has 7 heteroatoms. The summed E-state index contributed by atoms with van der Waals surface area (Å²) >= 11 is 0. The lowest BCUT2D eigenvalue weighted by Crippen LogP contribution is -2.32. The first-order chi connectivity index (χ1) is 12.0. The highest BCUT2D eigenvalue weighted by Gasteiger charge is 2.28. The molecule has 1 saturated heterocycles. The average Bonchev–Trinajstić information content (AvgIpc) is 3.06. The summed E-state index contributed by atoms with van der Waals surface area (Å²) in [6.07, 6.45) is 0.667. The Balaban J connectivity index is 1.54. The Morgan fingerprint density at radius 1 is 1.28 bits per heavy atom. The van der Waals surface area contributed by atoms with Gasteiger partial charge in [0.05, 0.1) is 13.0 Å². The van der Waals surface area contributed by atoms with E-state index in [0.717, 1.165) is 12.2 Å². The van der Waals surface area contributed by atoms with E-state index in [1.165, 1.54) is 6.07 Å². The maximum atomic E-state index is 13.7. The second-order valence-electron chi connectivity index (χ2n) is 6.26. The smallest absolute Gasteiger partial charge is 0.233 e. The van der Waals surface area contributed by atoms with Crippen LogP contribution in [0.25, 0.3) is 0 Å². The molecular formula is C18H21FN4O2. The number of carbonyl (C=O) groups excluding carboxylic acids is 1. The predicted octanol–water partition coefficient (Wildman–Crippen LogP) is 1.90. The summed E-state index contributed by atoms with van der Waals surface area (Å²) < 4.78 is 19.5. The maximum Gasteiger partial charge on any atom is 0.233 e. The van der Waals surface area contributed by atoms with Gasteiger partial charge in [-0.1, -0.05) is 18.2 Å². The van der Waals surface area contributed by atoms with Crippen molar-refractivity contribution in [2.45, 2.75) is 18.9 Å². The Kier molecular flexibility index (Phi) is 5.11. The number of aromatic nitrogens is 2. The second-order valence-corrected chi connectivity index (χ2v) is 6.26. The van der Waals surface area contributed by atoms with Crippen LogP contribution in [0.2, 0.25) is 0 Å². The van der Waals surface area contributed by atoms with Crippen LogP contribution in [0, 0.1) is 5.82 Å². The number of hydrogen-bond acceptors (Lipinski definition) is 5. The van der Waals surface area contributed by atoms with Gasteiger partial charge < -0.3 is 14.5 Å². The Morgan fingerprint density at radius 2 is 2.08 bits per heavy atom. The van der Waals surface area contributed by atoms with E-state index in [4.69, 9.17) is 4.74 Å². The van der Waals surface area contributed by atoms with Crippen molar-refractivity contribution in [2.24, 2.45) is 0 Å². The number of halogens is 1. The van der Waals surface area contributed by atoms with Crippen molar-refractivity contribution in [2.75, 3.05) is 32.1 Å². The van der Waals surface area contributed by atoms with Crippen molar-refractivity contribution in [1.29, 1.82) is 0 Å². The first-order valence-corrected chi connectivity index (χ1v) is 8.22. The van der Waals surface area contributed by atoms with Gasteiger partial charge in [-0.3, -0.25) is 4.79 Å². The quantitative estimate of drug-likeness (QED) is 0.829. The number of ether oxygens (including phenoxy) is 1. The first kappa shape index (κ1) is 17.1. The van der Waals surface area contributed by atoms with Gasteiger partial charge in [-0.15, -0.1) is 10.2 Å². The number of benzene rings is 1. The third kappa shape index (κ3) is 4.23. The molecule has 132 valence electrons. The van der Waals surface area contributed by atoms with Crippen LogP contribution in [0.15, 0.2) is 36.4 Å². The number of nitrogens with zero attached hydrogens (tertiary/aromatic N) is 4. The zero-order valence-electron chi connectivity index (χ0n) is 14.4. The van der Waals surface area contributed by atoms with Crippen LogP contribution in [0.5, 0.6) is 5.88 Å². The van der Waals surface area contributed by atoms with Gasteiger partial charge in [-0.05, 0) is 17.7 Å². The van der Waals surface area contributed by atoms with Crippen molar-refractivity contribution in [3.05, 3.63) is 47.8 Å². The summed E-state index contributed by atoms with van der Waals surface area (Å²) in [5, 5.41) is 8.11. The summed E-state index contributed by atoms with van der Waals surface area (Å²) in [5.74, 6) is 0.754. The SMILES string of the molecule is CN(C)c1ccc(O[C@H]2CCN(C(=O)Cc3ccccc3F)C2)nn1. The zero-order valence-corrected chi connectivity index (χ0v) is 14.4. The summed E-state index contributed by atoms with van der Waals surface area (Å²) in [6.45, 7) is 1.07. The van der Waals surface area contributed by atoms with Crippen LogP contribution >= 0.6 is 0 Å². The molecule has 6 nitrogen and oxygen atoms in total. The Bertz CT molecular complexity index is 736. The van der Waals surface area contributed by atoms with Gasteiger partial charge in [0.1, 0.15) is 11.9 Å². The third-order valence-electron chi connectivity index (χ3n) is 4.17. The van der Waals surface area contributed by atoms with Crippen LogP contribution in [-0.4, -0.2) is 54.3 Å². The number of likely N-dealkylation sites (tertiary alicyclic amines) is 1. The van der Waals surface area contributed by atoms with E-state index < -0.39 is 0 Å². The van der Waals surface area contributed by atoms with E-state index in [-0.39, 0.29) is 24.2 Å². The second kappa shape index (κ2) is 7.46. The van der Waals surface area contributed by atoms with Crippen molar-refractivity contribution in [3.63, 3.8) is 0 Å². The highest BCUT2D eigenvalue weighted by Crippen LogP contribution is 2.19. The molecule has 2 heterocycles. The lowest BCUT2D eigenvalue weighted by atomic mass is 10.1. The van der Waals surface area contributed by atoms with Gasteiger partial charge in [0, 0.05) is 33.1 Å². The minimum absolute atomic E-state index is 0.0662. The highest BCUT2D eigenvalue weighted by molar-refractivity contribution is 5.79. The largest absolute Gasteiger partial charge is 0.471 e. The van der Waals surface area contributed by atoms with E-state index in [2.05, 4.69) is 10.2 Å². The molecule has 1 amide bonds. The fraction of sp³-hybridized carbons (Fsp3) is 0.389. The molecule has 1 aliphatic heterocycles. The Labute approximate surface area is 146 Å². The molecular weight excluding hydrogens is 323 g/mol. The topological polar surface area (TPSA) is 58.6 Å². The molecule has 0 saturated carbocycles. The van der Waals surface area contributed by atoms with Crippen molar-refractivity contribution < 1.29 is 13.9 Å². The number of hydrogen-bond donors (Lipinski definition) is 0. The van der Waals surface area contributed by atoms with Gasteiger partial charge in [0.2, 0.25) is 11.8 Å². The maximum absolute atomic E-state index is 13.7. The van der Waals surface area contributed by atoms with Crippen LogP contribution in [0.1, 0.15) is 12.0 Å². The molecule has 3 rings (SSSR count). The predicted molar refractivity (Wildman–Crippen MR) is 92.1 cm³/mol. The molecule has 0 bridgehead atoms. The van der Waals surface area contributed by atoms with E-state index in [0.29, 0.717) is 24.5 Å². The molecule has 0 N–H and O–H groups in total. The summed E-state index contributed by atoms with van der Waals surface area (Å²) in [5.41, 5.74) is 0.419. The number of anilines is 1. The molecule has 2 aromatic rings. The number of carbonyl (C=O) groups is 1. The summed E-state index contributed by atoms with van der Waals surface area (Å²) in [6, 6.07) is 9.96. The summed E-state index contributed by atoms with van der Waals surface area (Å²) in [7, 11) is 3.78. The van der Waals surface area contributed by atoms with Crippen LogP contribution in [0.4, 0.5) is 10.2 Å². The zero-order chi connectivity index (χ0) is 17.8. The lowest BCUT2D eigenvalue weighted by molar-refractivity contribution is -0.129. The average molecular weight is 344 g/mol. The van der Waals surface area contributed by atoms with Gasteiger partial charge in [-0.2, -0.15) is 0 Å². The van der Waals surface area contributed by atoms with Gasteiger partial charge in [0.15, 0.2) is 5.82 Å². The van der Waals surface area contributed by atoms with E-state index in [1.54, 1.807) is 29.2 Å². The minimum Gasteiger partial charge on any atom is -0.471 e. The standard InChI is InChI=1S/C18H21FN4O2/c1-22(2)16-7-8-17(21-20-16)25-14-9-10-23(12-14)18(24)11-13-5-3-4-6-15(13)19/h3-8,14H,9-12H2,1-2H3/t14-/m0/s1. The van der Waals surface area contributed by atoms with E-state index in [9.17, 15) is 9.18 Å². The Hall–Kier alpha value is -2.70. The minimum atomic E-state index is -0.348. The van der Waals surface area contributed by atoms with Crippen LogP contribution < -0.4 is 9.64 Å². The van der Waals surface area contributed by atoms with Crippen LogP contribution in [0.3, 0.4) is 0 Å². The molecule has 1 fully saturated rings. The van der Waals surface area contributed by atoms with Gasteiger partial charge in [-0.25, -0.2) is 4.39 Å². The third-order valence-corrected chi connectivity index (χ3v) is 4.17. The van der Waals surface area contributed by atoms with Gasteiger partial charge >= 0.3 is 0 Å². The summed E-state index contributed by atoms with van der Waals surface area (Å²) in [4.78, 5) is 15.9. The molecule has 1 aromatic carbocycles. The molecule has 1 atom stereocenters. The van der Waals surface area contributed by atoms with Crippen LogP contribution in [-0.2, 0) is 11.2 Å². The normalized spacial score (nSPS) is 16.8. The fourth-order valence-corrected chi connectivity index (χ4v) is 2.75. The number of rotatable bonds is 5. The lowest BCUT2D eigenvalue weighted by Gasteiger charge is -2.17. The van der Waals surface area contributed by atoms with E-state index >= 15 is 0 Å². The fourth-order valence-electron chi connectivity index (χ4n) is 2.75. The monoisotopic (exact) mass is 344 g/mol. The van der Waals surface area contributed by atoms with Crippen molar-refractivity contribution >= 4 is 11.7 Å². The van der Waals surface area contributed by atoms with Crippen molar-refractivity contribution in [1.82, 2.24) is 15.1 Å². The molecule has 1 aromatic heterocycles. The molecule has 25 heavy (non-hydrogen) atoms. The molecule has 0 unspecified atom stereocenters. The van der Waals surface area contributed by atoms with E-state index in [1.807, 2.05) is 25.1 Å². The molecule has 0 spiro atoms. The number of amides is 1. The molecule has 0 aliphatic carbocycles. The van der Waals surface area contributed by atoms with Gasteiger partial charge in [0.25, 0.3) is 0 Å². The molecule has 0 radical (unpaired) electrons.